The molecule has 0 spiro atoms. The quantitative estimate of drug-likeness (QED) is 0.536. The number of unbranched alkanes of at least 4 members (excludes halogenated alkanes) is 3. The van der Waals surface area contributed by atoms with Gasteiger partial charge < -0.3 is 15.8 Å². The Balaban J connectivity index is 3.10. The zero-order valence-corrected chi connectivity index (χ0v) is 9.76. The number of hydrogen-bond acceptors (Lipinski definition) is 3. The van der Waals surface area contributed by atoms with Gasteiger partial charge in [0.2, 0.25) is 5.91 Å². The molecule has 4 heteroatoms. The van der Waals surface area contributed by atoms with Crippen LogP contribution in [-0.2, 0) is 9.53 Å². The highest BCUT2D eigenvalue weighted by Gasteiger charge is 1.99. The van der Waals surface area contributed by atoms with E-state index in [2.05, 4.69) is 5.32 Å². The Morgan fingerprint density at radius 1 is 1.27 bits per heavy atom. The van der Waals surface area contributed by atoms with Crippen LogP contribution in [0.15, 0.2) is 0 Å². The summed E-state index contributed by atoms with van der Waals surface area (Å²) >= 11 is 0. The van der Waals surface area contributed by atoms with Crippen LogP contribution in [0.4, 0.5) is 0 Å². The van der Waals surface area contributed by atoms with Gasteiger partial charge in [-0.15, -0.1) is 0 Å². The van der Waals surface area contributed by atoms with Crippen molar-refractivity contribution in [3.8, 4) is 0 Å². The van der Waals surface area contributed by atoms with E-state index in [0.717, 1.165) is 38.8 Å². The zero-order chi connectivity index (χ0) is 11.4. The van der Waals surface area contributed by atoms with Crippen LogP contribution in [-0.4, -0.2) is 32.2 Å². The van der Waals surface area contributed by atoms with E-state index in [-0.39, 0.29) is 5.91 Å². The van der Waals surface area contributed by atoms with Crippen LogP contribution < -0.4 is 11.1 Å². The molecule has 0 saturated carbocycles. The van der Waals surface area contributed by atoms with Gasteiger partial charge >= 0.3 is 0 Å². The van der Waals surface area contributed by atoms with Crippen molar-refractivity contribution in [1.29, 1.82) is 0 Å². The molecule has 15 heavy (non-hydrogen) atoms. The predicted molar refractivity (Wildman–Crippen MR) is 61.6 cm³/mol. The van der Waals surface area contributed by atoms with Gasteiger partial charge in [-0.1, -0.05) is 12.8 Å². The van der Waals surface area contributed by atoms with E-state index in [1.54, 1.807) is 0 Å². The van der Waals surface area contributed by atoms with Crippen LogP contribution in [0, 0.1) is 0 Å². The second-order valence-electron chi connectivity index (χ2n) is 3.50. The van der Waals surface area contributed by atoms with E-state index in [9.17, 15) is 4.79 Å². The third kappa shape index (κ3) is 11.3. The predicted octanol–water partition coefficient (Wildman–Crippen LogP) is 1.05. The zero-order valence-electron chi connectivity index (χ0n) is 9.76. The van der Waals surface area contributed by atoms with Gasteiger partial charge in [-0.05, 0) is 26.3 Å². The van der Waals surface area contributed by atoms with E-state index in [4.69, 9.17) is 10.5 Å². The van der Waals surface area contributed by atoms with Crippen LogP contribution in [0.2, 0.25) is 0 Å². The number of hydrogen-bond donors (Lipinski definition) is 2. The molecule has 0 aliphatic heterocycles. The summed E-state index contributed by atoms with van der Waals surface area (Å²) in [5.74, 6) is 0.0854. The van der Waals surface area contributed by atoms with Crippen molar-refractivity contribution >= 4 is 5.91 Å². The molecule has 90 valence electrons. The van der Waals surface area contributed by atoms with Crippen molar-refractivity contribution in [2.75, 3.05) is 26.3 Å². The van der Waals surface area contributed by atoms with Crippen LogP contribution >= 0.6 is 0 Å². The molecule has 0 aliphatic rings. The Morgan fingerprint density at radius 3 is 2.67 bits per heavy atom. The second-order valence-corrected chi connectivity index (χ2v) is 3.50. The van der Waals surface area contributed by atoms with Gasteiger partial charge in [0.05, 0.1) is 6.61 Å². The van der Waals surface area contributed by atoms with Crippen molar-refractivity contribution in [1.82, 2.24) is 5.32 Å². The van der Waals surface area contributed by atoms with Gasteiger partial charge in [-0.3, -0.25) is 4.79 Å². The van der Waals surface area contributed by atoms with E-state index in [0.29, 0.717) is 19.6 Å². The number of nitrogens with two attached hydrogens (primary N) is 1. The lowest BCUT2D eigenvalue weighted by atomic mass is 10.2. The molecule has 0 bridgehead atoms. The molecule has 0 rings (SSSR count). The molecule has 0 fully saturated rings. The largest absolute Gasteiger partial charge is 0.381 e. The van der Waals surface area contributed by atoms with Gasteiger partial charge in [0.15, 0.2) is 0 Å². The molecule has 1 amide bonds. The highest BCUT2D eigenvalue weighted by Crippen LogP contribution is 1.97. The Bertz CT molecular complexity index is 152. The monoisotopic (exact) mass is 216 g/mol. The fourth-order valence-electron chi connectivity index (χ4n) is 1.25. The van der Waals surface area contributed by atoms with Crippen LogP contribution in [0.5, 0.6) is 0 Å². The first kappa shape index (κ1) is 14.4. The highest BCUT2D eigenvalue weighted by molar-refractivity contribution is 5.75. The van der Waals surface area contributed by atoms with Crippen molar-refractivity contribution in [3.63, 3.8) is 0 Å². The molecular formula is C11H24N2O2. The molecule has 0 unspecified atom stereocenters. The lowest BCUT2D eigenvalue weighted by Gasteiger charge is -2.04. The summed E-state index contributed by atoms with van der Waals surface area (Å²) in [5.41, 5.74) is 5.38. The van der Waals surface area contributed by atoms with Crippen molar-refractivity contribution in [2.24, 2.45) is 5.73 Å². The molecule has 4 nitrogen and oxygen atoms in total. The van der Waals surface area contributed by atoms with Gasteiger partial charge in [-0.25, -0.2) is 0 Å². The molecule has 0 aromatic carbocycles. The summed E-state index contributed by atoms with van der Waals surface area (Å²) < 4.78 is 5.09. The number of ether oxygens (including phenoxy) is 1. The minimum absolute atomic E-state index is 0.0854. The molecule has 0 heterocycles. The maximum atomic E-state index is 11.2. The van der Waals surface area contributed by atoms with Crippen LogP contribution in [0.1, 0.15) is 39.0 Å². The summed E-state index contributed by atoms with van der Waals surface area (Å²) in [6, 6.07) is 0. The summed E-state index contributed by atoms with van der Waals surface area (Å²) in [7, 11) is 0. The number of carbonyl (C=O) groups excluding carboxylic acids is 1. The Hall–Kier alpha value is -0.610. The maximum absolute atomic E-state index is 11.2. The lowest BCUT2D eigenvalue weighted by molar-refractivity contribution is -0.122. The Labute approximate surface area is 92.6 Å². The first-order valence-electron chi connectivity index (χ1n) is 5.85. The van der Waals surface area contributed by atoms with E-state index in [1.165, 1.54) is 0 Å². The number of carbonyl (C=O) groups is 1. The van der Waals surface area contributed by atoms with E-state index < -0.39 is 0 Å². The Morgan fingerprint density at radius 2 is 2.00 bits per heavy atom. The first-order valence-corrected chi connectivity index (χ1v) is 5.85. The minimum Gasteiger partial charge on any atom is -0.381 e. The standard InChI is InChI=1S/C11H24N2O2/c1-2-15-10-7-11(14)13-9-6-4-3-5-8-12/h2-10,12H2,1H3,(H,13,14). The molecule has 0 atom stereocenters. The molecule has 0 radical (unpaired) electrons. The van der Waals surface area contributed by atoms with Gasteiger partial charge in [0.1, 0.15) is 0 Å². The van der Waals surface area contributed by atoms with E-state index >= 15 is 0 Å². The fraction of sp³-hybridized carbons (Fsp3) is 0.909. The maximum Gasteiger partial charge on any atom is 0.222 e. The number of amides is 1. The highest BCUT2D eigenvalue weighted by atomic mass is 16.5. The number of rotatable bonds is 10. The first-order chi connectivity index (χ1) is 7.31. The van der Waals surface area contributed by atoms with Crippen LogP contribution in [0.25, 0.3) is 0 Å². The van der Waals surface area contributed by atoms with E-state index in [1.807, 2.05) is 6.92 Å². The lowest BCUT2D eigenvalue weighted by Crippen LogP contribution is -2.25. The van der Waals surface area contributed by atoms with Gasteiger partial charge in [0.25, 0.3) is 0 Å². The second kappa shape index (κ2) is 11.5. The van der Waals surface area contributed by atoms with Gasteiger partial charge in [0, 0.05) is 19.6 Å². The molecule has 0 saturated heterocycles. The summed E-state index contributed by atoms with van der Waals surface area (Å²) in [6.07, 6.45) is 4.89. The van der Waals surface area contributed by atoms with Crippen molar-refractivity contribution in [2.45, 2.75) is 39.0 Å². The smallest absolute Gasteiger partial charge is 0.222 e. The van der Waals surface area contributed by atoms with Crippen molar-refractivity contribution < 1.29 is 9.53 Å². The molecule has 3 N–H and O–H groups in total. The molecule has 0 aliphatic carbocycles. The fourth-order valence-corrected chi connectivity index (χ4v) is 1.25. The third-order valence-corrected chi connectivity index (χ3v) is 2.13. The summed E-state index contributed by atoms with van der Waals surface area (Å²) in [5, 5.41) is 2.87. The molecule has 0 aromatic rings. The summed E-state index contributed by atoms with van der Waals surface area (Å²) in [4.78, 5) is 11.2. The topological polar surface area (TPSA) is 64.3 Å². The summed E-state index contributed by atoms with van der Waals surface area (Å²) in [6.45, 7) is 4.66. The Kier molecular flexibility index (Phi) is 11.0. The minimum atomic E-state index is 0.0854. The molecular weight excluding hydrogens is 192 g/mol. The van der Waals surface area contributed by atoms with Crippen molar-refractivity contribution in [3.05, 3.63) is 0 Å². The SMILES string of the molecule is CCOCCC(=O)NCCCCCCN. The molecule has 0 aromatic heterocycles. The third-order valence-electron chi connectivity index (χ3n) is 2.13. The van der Waals surface area contributed by atoms with Gasteiger partial charge in [-0.2, -0.15) is 0 Å². The van der Waals surface area contributed by atoms with Crippen LogP contribution in [0.3, 0.4) is 0 Å². The average molecular weight is 216 g/mol. The average Bonchev–Trinajstić information content (AvgIpc) is 2.23. The number of nitrogens with one attached hydrogen (secondary N) is 1. The normalized spacial score (nSPS) is 10.3.